The van der Waals surface area contributed by atoms with Gasteiger partial charge in [0.1, 0.15) is 12.6 Å². The summed E-state index contributed by atoms with van der Waals surface area (Å²) in [5.74, 6) is 1.16. The van der Waals surface area contributed by atoms with Crippen LogP contribution in [0.2, 0.25) is 0 Å². The van der Waals surface area contributed by atoms with Gasteiger partial charge >= 0.3 is 6.09 Å². The van der Waals surface area contributed by atoms with E-state index in [1.165, 1.54) is 0 Å². The molecule has 1 heterocycles. The fourth-order valence-electron chi connectivity index (χ4n) is 4.25. The zero-order chi connectivity index (χ0) is 24.6. The van der Waals surface area contributed by atoms with Crippen molar-refractivity contribution in [3.05, 3.63) is 95.1 Å². The number of carbonyl (C=O) groups excluding carboxylic acids is 2. The van der Waals surface area contributed by atoms with Gasteiger partial charge in [0.25, 0.3) is 0 Å². The molecule has 182 valence electrons. The maximum atomic E-state index is 13.6. The summed E-state index contributed by atoms with van der Waals surface area (Å²) < 4.78 is 16.2. The van der Waals surface area contributed by atoms with Gasteiger partial charge in [0.05, 0.1) is 14.2 Å². The molecule has 1 N–H and O–H groups in total. The van der Waals surface area contributed by atoms with Gasteiger partial charge < -0.3 is 24.4 Å². The average Bonchev–Trinajstić information content (AvgIpc) is 2.91. The Kier molecular flexibility index (Phi) is 7.88. The van der Waals surface area contributed by atoms with Crippen molar-refractivity contribution in [1.29, 1.82) is 0 Å². The van der Waals surface area contributed by atoms with Crippen molar-refractivity contribution < 1.29 is 23.8 Å². The van der Waals surface area contributed by atoms with Crippen molar-refractivity contribution in [3.63, 3.8) is 0 Å². The fourth-order valence-corrected chi connectivity index (χ4v) is 4.25. The molecule has 3 aromatic carbocycles. The van der Waals surface area contributed by atoms with Crippen LogP contribution < -0.4 is 14.8 Å². The summed E-state index contributed by atoms with van der Waals surface area (Å²) in [4.78, 5) is 28.0. The molecule has 1 atom stereocenters. The van der Waals surface area contributed by atoms with Gasteiger partial charge in [0.2, 0.25) is 5.91 Å². The molecular weight excluding hydrogens is 444 g/mol. The summed E-state index contributed by atoms with van der Waals surface area (Å²) in [6.07, 6.45) is 0.444. The Labute approximate surface area is 205 Å². The van der Waals surface area contributed by atoms with E-state index in [-0.39, 0.29) is 12.5 Å². The molecule has 7 nitrogen and oxygen atoms in total. The maximum Gasteiger partial charge on any atom is 0.408 e. The minimum Gasteiger partial charge on any atom is -0.493 e. The number of fused-ring (bicyclic) bond motifs is 1. The maximum absolute atomic E-state index is 13.6. The van der Waals surface area contributed by atoms with E-state index in [1.54, 1.807) is 19.1 Å². The van der Waals surface area contributed by atoms with E-state index in [9.17, 15) is 9.59 Å². The largest absolute Gasteiger partial charge is 0.493 e. The Bertz CT molecular complexity index is 1150. The van der Waals surface area contributed by atoms with Crippen LogP contribution in [0, 0.1) is 0 Å². The van der Waals surface area contributed by atoms with Crippen molar-refractivity contribution >= 4 is 12.0 Å². The number of benzene rings is 3. The van der Waals surface area contributed by atoms with Gasteiger partial charge in [-0.3, -0.25) is 4.79 Å². The van der Waals surface area contributed by atoms with Crippen LogP contribution in [0.5, 0.6) is 11.5 Å². The Morgan fingerprint density at radius 2 is 1.49 bits per heavy atom. The Morgan fingerprint density at radius 1 is 0.886 bits per heavy atom. The third kappa shape index (κ3) is 6.12. The van der Waals surface area contributed by atoms with Crippen molar-refractivity contribution in [2.24, 2.45) is 0 Å². The Balaban J connectivity index is 1.48. The Morgan fingerprint density at radius 3 is 2.11 bits per heavy atom. The predicted octanol–water partition coefficient (Wildman–Crippen LogP) is 4.13. The smallest absolute Gasteiger partial charge is 0.408 e. The first kappa shape index (κ1) is 24.1. The van der Waals surface area contributed by atoms with Gasteiger partial charge in [-0.1, -0.05) is 60.7 Å². The van der Waals surface area contributed by atoms with Crippen LogP contribution in [0.15, 0.2) is 72.8 Å². The summed E-state index contributed by atoms with van der Waals surface area (Å²) in [6.45, 7) is 1.12. The number of carbonyl (C=O) groups is 2. The minimum atomic E-state index is -0.748. The quantitative estimate of drug-likeness (QED) is 0.531. The molecule has 1 aliphatic heterocycles. The molecule has 0 fully saturated rings. The molecule has 1 aliphatic rings. The summed E-state index contributed by atoms with van der Waals surface area (Å²) >= 11 is 0. The first-order valence-electron chi connectivity index (χ1n) is 11.6. The Hall–Kier alpha value is -4.00. The predicted molar refractivity (Wildman–Crippen MR) is 132 cm³/mol. The van der Waals surface area contributed by atoms with Crippen LogP contribution in [0.4, 0.5) is 4.79 Å². The molecule has 35 heavy (non-hydrogen) atoms. The zero-order valence-electron chi connectivity index (χ0n) is 20.0. The molecule has 1 unspecified atom stereocenters. The lowest BCUT2D eigenvalue weighted by Gasteiger charge is -2.32. The fraction of sp³-hybridized carbons (Fsp3) is 0.286. The van der Waals surface area contributed by atoms with E-state index in [0.717, 1.165) is 22.3 Å². The van der Waals surface area contributed by atoms with Crippen molar-refractivity contribution in [1.82, 2.24) is 10.2 Å². The molecule has 4 rings (SSSR count). The second kappa shape index (κ2) is 11.4. The van der Waals surface area contributed by atoms with Gasteiger partial charge in [-0.05, 0) is 40.8 Å². The molecule has 0 radical (unpaired) electrons. The SMILES string of the molecule is COc1cc2c(cc1OC)CN(C(=O)C(Cc1ccccc1)NC(=O)OCc1ccccc1)CC2. The number of hydrogen-bond acceptors (Lipinski definition) is 5. The summed E-state index contributed by atoms with van der Waals surface area (Å²) in [5, 5.41) is 2.80. The van der Waals surface area contributed by atoms with Crippen LogP contribution in [-0.2, 0) is 35.5 Å². The van der Waals surface area contributed by atoms with Crippen LogP contribution >= 0.6 is 0 Å². The number of nitrogens with one attached hydrogen (secondary N) is 1. The highest BCUT2D eigenvalue weighted by molar-refractivity contribution is 5.86. The number of ether oxygens (including phenoxy) is 3. The third-order valence-corrected chi connectivity index (χ3v) is 6.12. The van der Waals surface area contributed by atoms with Gasteiger partial charge in [-0.15, -0.1) is 0 Å². The van der Waals surface area contributed by atoms with E-state index >= 15 is 0 Å². The average molecular weight is 475 g/mol. The van der Waals surface area contributed by atoms with E-state index in [1.807, 2.05) is 72.8 Å². The lowest BCUT2D eigenvalue weighted by molar-refractivity contribution is -0.134. The second-order valence-corrected chi connectivity index (χ2v) is 8.43. The summed E-state index contributed by atoms with van der Waals surface area (Å²) in [5.41, 5.74) is 3.97. The molecular formula is C28H30N2O5. The number of amides is 2. The molecule has 0 saturated carbocycles. The molecule has 3 aromatic rings. The van der Waals surface area contributed by atoms with Crippen LogP contribution in [0.25, 0.3) is 0 Å². The summed E-state index contributed by atoms with van der Waals surface area (Å²) in [6, 6.07) is 22.2. The second-order valence-electron chi connectivity index (χ2n) is 8.43. The number of hydrogen-bond donors (Lipinski definition) is 1. The topological polar surface area (TPSA) is 77.1 Å². The van der Waals surface area contributed by atoms with Crippen LogP contribution in [0.1, 0.15) is 22.3 Å². The molecule has 0 bridgehead atoms. The number of rotatable bonds is 8. The molecule has 0 saturated heterocycles. The minimum absolute atomic E-state index is 0.137. The summed E-state index contributed by atoms with van der Waals surface area (Å²) in [7, 11) is 3.20. The van der Waals surface area contributed by atoms with Crippen molar-refractivity contribution in [3.8, 4) is 11.5 Å². The highest BCUT2D eigenvalue weighted by Gasteiger charge is 2.30. The van der Waals surface area contributed by atoms with Gasteiger partial charge in [-0.25, -0.2) is 4.79 Å². The van der Waals surface area contributed by atoms with Crippen LogP contribution in [0.3, 0.4) is 0 Å². The van der Waals surface area contributed by atoms with E-state index in [4.69, 9.17) is 14.2 Å². The molecule has 7 heteroatoms. The van der Waals surface area contributed by atoms with Crippen molar-refractivity contribution in [2.75, 3.05) is 20.8 Å². The van der Waals surface area contributed by atoms with E-state index in [2.05, 4.69) is 5.32 Å². The first-order chi connectivity index (χ1) is 17.1. The normalized spacial score (nSPS) is 13.4. The number of methoxy groups -OCH3 is 2. The monoisotopic (exact) mass is 474 g/mol. The highest BCUT2D eigenvalue weighted by Crippen LogP contribution is 2.33. The molecule has 0 spiro atoms. The van der Waals surface area contributed by atoms with Gasteiger partial charge in [0, 0.05) is 19.5 Å². The van der Waals surface area contributed by atoms with E-state index < -0.39 is 12.1 Å². The van der Waals surface area contributed by atoms with Gasteiger partial charge in [-0.2, -0.15) is 0 Å². The van der Waals surface area contributed by atoms with E-state index in [0.29, 0.717) is 37.4 Å². The lowest BCUT2D eigenvalue weighted by atomic mass is 9.97. The van der Waals surface area contributed by atoms with Gasteiger partial charge in [0.15, 0.2) is 11.5 Å². The standard InChI is InChI=1S/C28H30N2O5/c1-33-25-16-22-13-14-30(18-23(22)17-26(25)34-2)27(31)24(15-20-9-5-3-6-10-20)29-28(32)35-19-21-11-7-4-8-12-21/h3-12,16-17,24H,13-15,18-19H2,1-2H3,(H,29,32). The highest BCUT2D eigenvalue weighted by atomic mass is 16.5. The first-order valence-corrected chi connectivity index (χ1v) is 11.6. The number of nitrogens with zero attached hydrogens (tertiary/aromatic N) is 1. The third-order valence-electron chi connectivity index (χ3n) is 6.12. The molecule has 0 aliphatic carbocycles. The number of alkyl carbamates (subject to hydrolysis) is 1. The van der Waals surface area contributed by atoms with Crippen molar-refractivity contribution in [2.45, 2.75) is 32.0 Å². The lowest BCUT2D eigenvalue weighted by Crippen LogP contribution is -2.51. The van der Waals surface area contributed by atoms with Crippen LogP contribution in [-0.4, -0.2) is 43.7 Å². The molecule has 0 aromatic heterocycles. The molecule has 2 amide bonds. The zero-order valence-corrected chi connectivity index (χ0v) is 20.0.